The molecule has 7 heteroatoms. The van der Waals surface area contributed by atoms with Crippen molar-refractivity contribution >= 4 is 28.3 Å². The van der Waals surface area contributed by atoms with Crippen LogP contribution in [0.15, 0.2) is 66.7 Å². The summed E-state index contributed by atoms with van der Waals surface area (Å²) in [5.74, 6) is -0.903. The van der Waals surface area contributed by atoms with E-state index in [1.54, 1.807) is 12.1 Å². The molecule has 0 bridgehead atoms. The van der Waals surface area contributed by atoms with E-state index >= 15 is 0 Å². The number of fused-ring (bicyclic) bond motifs is 1. The number of rotatable bonds is 10. The fraction of sp³-hybridized carbons (Fsp3) is 0.280. The molecule has 0 aliphatic rings. The largest absolute Gasteiger partial charge is 0.351 e. The molecule has 3 rings (SSSR count). The van der Waals surface area contributed by atoms with Crippen LogP contribution >= 0.6 is 0 Å². The molecule has 32 heavy (non-hydrogen) atoms. The van der Waals surface area contributed by atoms with Gasteiger partial charge in [0.25, 0.3) is 0 Å². The average Bonchev–Trinajstić information content (AvgIpc) is 2.78. The molecule has 0 spiro atoms. The first-order chi connectivity index (χ1) is 15.4. The minimum atomic E-state index is -0.696. The zero-order valence-electron chi connectivity index (χ0n) is 17.9. The number of benzene rings is 3. The standard InChI is InChI=1S/C25H29FN4O2/c26-20-10-7-17(8-11-20)14-22(30-25(32)23(28)6-3-13-27)16-24(31)29-21-12-9-18-4-1-2-5-19(18)15-21/h1-2,4-5,7-12,15,22-23H,3,6,13-14,16,27-28H2,(H,29,31)(H,30,32)/t22-,23-/m0/s1. The molecule has 6 nitrogen and oxygen atoms in total. The highest BCUT2D eigenvalue weighted by molar-refractivity contribution is 5.95. The molecule has 0 fully saturated rings. The van der Waals surface area contributed by atoms with Crippen LogP contribution in [0, 0.1) is 5.82 Å². The summed E-state index contributed by atoms with van der Waals surface area (Å²) in [6, 6.07) is 18.4. The van der Waals surface area contributed by atoms with E-state index in [1.807, 2.05) is 42.5 Å². The molecule has 0 unspecified atom stereocenters. The number of halogens is 1. The minimum absolute atomic E-state index is 0.0551. The molecule has 3 aromatic carbocycles. The van der Waals surface area contributed by atoms with Gasteiger partial charge in [0, 0.05) is 18.2 Å². The van der Waals surface area contributed by atoms with Gasteiger partial charge in [0.05, 0.1) is 6.04 Å². The number of nitrogens with two attached hydrogens (primary N) is 2. The monoisotopic (exact) mass is 436 g/mol. The summed E-state index contributed by atoms with van der Waals surface area (Å²) in [7, 11) is 0. The Hall–Kier alpha value is -3.29. The predicted molar refractivity (Wildman–Crippen MR) is 125 cm³/mol. The number of carbonyl (C=O) groups is 2. The third-order valence-electron chi connectivity index (χ3n) is 5.26. The normalized spacial score (nSPS) is 12.8. The zero-order valence-corrected chi connectivity index (χ0v) is 17.9. The molecule has 0 saturated carbocycles. The Morgan fingerprint density at radius 1 is 0.969 bits per heavy atom. The van der Waals surface area contributed by atoms with E-state index in [9.17, 15) is 14.0 Å². The minimum Gasteiger partial charge on any atom is -0.351 e. The van der Waals surface area contributed by atoms with Gasteiger partial charge in [0.15, 0.2) is 0 Å². The van der Waals surface area contributed by atoms with Gasteiger partial charge < -0.3 is 22.1 Å². The molecule has 0 aromatic heterocycles. The van der Waals surface area contributed by atoms with Crippen LogP contribution in [0.1, 0.15) is 24.8 Å². The van der Waals surface area contributed by atoms with Crippen molar-refractivity contribution in [3.63, 3.8) is 0 Å². The summed E-state index contributed by atoms with van der Waals surface area (Å²) < 4.78 is 13.3. The molecule has 2 atom stereocenters. The first kappa shape index (κ1) is 23.4. The highest BCUT2D eigenvalue weighted by Gasteiger charge is 2.21. The maximum Gasteiger partial charge on any atom is 0.237 e. The van der Waals surface area contributed by atoms with Gasteiger partial charge >= 0.3 is 0 Å². The Bertz CT molecular complexity index is 1060. The summed E-state index contributed by atoms with van der Waals surface area (Å²) in [4.78, 5) is 25.3. The Labute approximate surface area is 187 Å². The first-order valence-electron chi connectivity index (χ1n) is 10.7. The Morgan fingerprint density at radius 2 is 1.69 bits per heavy atom. The van der Waals surface area contributed by atoms with Crippen molar-refractivity contribution in [2.75, 3.05) is 11.9 Å². The lowest BCUT2D eigenvalue weighted by atomic mass is 10.0. The van der Waals surface area contributed by atoms with Crippen LogP contribution in [-0.2, 0) is 16.0 Å². The molecule has 0 aliphatic carbocycles. The average molecular weight is 437 g/mol. The number of carbonyl (C=O) groups excluding carboxylic acids is 2. The van der Waals surface area contributed by atoms with Gasteiger partial charge in [-0.05, 0) is 66.4 Å². The molecule has 0 heterocycles. The van der Waals surface area contributed by atoms with E-state index in [4.69, 9.17) is 11.5 Å². The van der Waals surface area contributed by atoms with E-state index in [0.29, 0.717) is 31.5 Å². The second-order valence-corrected chi connectivity index (χ2v) is 7.89. The molecule has 3 aromatic rings. The quantitative estimate of drug-likeness (QED) is 0.391. The lowest BCUT2D eigenvalue weighted by Gasteiger charge is -2.21. The number of hydrogen-bond acceptors (Lipinski definition) is 4. The fourth-order valence-electron chi connectivity index (χ4n) is 3.56. The van der Waals surface area contributed by atoms with Gasteiger partial charge in [-0.15, -0.1) is 0 Å². The Morgan fingerprint density at radius 3 is 2.41 bits per heavy atom. The van der Waals surface area contributed by atoms with Crippen molar-refractivity contribution in [2.24, 2.45) is 11.5 Å². The van der Waals surface area contributed by atoms with Gasteiger partial charge in [-0.2, -0.15) is 0 Å². The number of nitrogens with one attached hydrogen (secondary N) is 2. The maximum absolute atomic E-state index is 13.3. The van der Waals surface area contributed by atoms with E-state index in [2.05, 4.69) is 10.6 Å². The lowest BCUT2D eigenvalue weighted by Crippen LogP contribution is -2.47. The molecule has 0 saturated heterocycles. The molecule has 6 N–H and O–H groups in total. The van der Waals surface area contributed by atoms with Crippen molar-refractivity contribution in [3.05, 3.63) is 78.1 Å². The maximum atomic E-state index is 13.3. The molecule has 168 valence electrons. The van der Waals surface area contributed by atoms with Gasteiger partial charge in [-0.3, -0.25) is 9.59 Å². The first-order valence-corrected chi connectivity index (χ1v) is 10.7. The van der Waals surface area contributed by atoms with Crippen molar-refractivity contribution in [2.45, 2.75) is 37.8 Å². The molecular weight excluding hydrogens is 407 g/mol. The summed E-state index contributed by atoms with van der Waals surface area (Å²) in [5.41, 5.74) is 12.9. The highest BCUT2D eigenvalue weighted by Crippen LogP contribution is 2.19. The van der Waals surface area contributed by atoms with Gasteiger partial charge in [0.2, 0.25) is 11.8 Å². The highest BCUT2D eigenvalue weighted by atomic mass is 19.1. The zero-order chi connectivity index (χ0) is 22.9. The molecular formula is C25H29FN4O2. The number of anilines is 1. The molecule has 0 aliphatic heterocycles. The fourth-order valence-corrected chi connectivity index (χ4v) is 3.56. The second-order valence-electron chi connectivity index (χ2n) is 7.89. The number of hydrogen-bond donors (Lipinski definition) is 4. The van der Waals surface area contributed by atoms with E-state index in [1.165, 1.54) is 12.1 Å². The third kappa shape index (κ3) is 6.87. The van der Waals surface area contributed by atoms with Gasteiger partial charge in [0.1, 0.15) is 5.82 Å². The lowest BCUT2D eigenvalue weighted by molar-refractivity contribution is -0.123. The van der Waals surface area contributed by atoms with Gasteiger partial charge in [-0.1, -0.05) is 42.5 Å². The van der Waals surface area contributed by atoms with Crippen molar-refractivity contribution in [1.82, 2.24) is 5.32 Å². The van der Waals surface area contributed by atoms with Crippen molar-refractivity contribution in [1.29, 1.82) is 0 Å². The van der Waals surface area contributed by atoms with Crippen LogP contribution < -0.4 is 22.1 Å². The smallest absolute Gasteiger partial charge is 0.237 e. The van der Waals surface area contributed by atoms with Crippen molar-refractivity contribution < 1.29 is 14.0 Å². The van der Waals surface area contributed by atoms with E-state index < -0.39 is 12.1 Å². The van der Waals surface area contributed by atoms with E-state index in [0.717, 1.165) is 16.3 Å². The topological polar surface area (TPSA) is 110 Å². The van der Waals surface area contributed by atoms with Crippen LogP contribution in [0.3, 0.4) is 0 Å². The van der Waals surface area contributed by atoms with Crippen LogP contribution in [0.2, 0.25) is 0 Å². The Balaban J connectivity index is 1.68. The SMILES string of the molecule is NCCC[C@H](N)C(=O)N[C@H](CC(=O)Nc1ccc2ccccc2c1)Cc1ccc(F)cc1. The third-order valence-corrected chi connectivity index (χ3v) is 5.26. The summed E-state index contributed by atoms with van der Waals surface area (Å²) >= 11 is 0. The Kier molecular flexibility index (Phi) is 8.30. The summed E-state index contributed by atoms with van der Waals surface area (Å²) in [6.45, 7) is 0.453. The van der Waals surface area contributed by atoms with Crippen LogP contribution in [0.5, 0.6) is 0 Å². The number of amides is 2. The predicted octanol–water partition coefficient (Wildman–Crippen LogP) is 3.10. The van der Waals surface area contributed by atoms with Crippen LogP contribution in [0.25, 0.3) is 10.8 Å². The van der Waals surface area contributed by atoms with Gasteiger partial charge in [-0.25, -0.2) is 4.39 Å². The van der Waals surface area contributed by atoms with Crippen LogP contribution in [-0.4, -0.2) is 30.4 Å². The summed E-state index contributed by atoms with van der Waals surface area (Å²) in [6.07, 6.45) is 1.54. The molecule has 0 radical (unpaired) electrons. The van der Waals surface area contributed by atoms with Crippen LogP contribution in [0.4, 0.5) is 10.1 Å². The van der Waals surface area contributed by atoms with E-state index in [-0.39, 0.29) is 24.1 Å². The van der Waals surface area contributed by atoms with Crippen molar-refractivity contribution in [3.8, 4) is 0 Å². The molecule has 2 amide bonds. The summed E-state index contributed by atoms with van der Waals surface area (Å²) in [5, 5.41) is 7.88. The second kappa shape index (κ2) is 11.4.